The van der Waals surface area contributed by atoms with Crippen LogP contribution in [0.15, 0.2) is 24.3 Å². The minimum Gasteiger partial charge on any atom is -0.337 e. The minimum absolute atomic E-state index is 0.0638. The fraction of sp³-hybridized carbons (Fsp3) is 0.533. The lowest BCUT2D eigenvalue weighted by atomic mass is 10.1. The summed E-state index contributed by atoms with van der Waals surface area (Å²) in [6.07, 6.45) is 0.953. The van der Waals surface area contributed by atoms with Crippen molar-refractivity contribution in [2.24, 2.45) is 0 Å². The molecule has 2 rings (SSSR count). The highest BCUT2D eigenvalue weighted by molar-refractivity contribution is 5.74. The van der Waals surface area contributed by atoms with E-state index in [9.17, 15) is 4.79 Å². The van der Waals surface area contributed by atoms with Crippen molar-refractivity contribution in [3.8, 4) is 0 Å². The molecule has 0 bridgehead atoms. The van der Waals surface area contributed by atoms with Crippen LogP contribution in [0.3, 0.4) is 0 Å². The van der Waals surface area contributed by atoms with Crippen LogP contribution in [0.25, 0.3) is 0 Å². The van der Waals surface area contributed by atoms with Gasteiger partial charge in [0.15, 0.2) is 0 Å². The van der Waals surface area contributed by atoms with Gasteiger partial charge in [0.05, 0.1) is 0 Å². The molecule has 0 radical (unpaired) electrons. The van der Waals surface area contributed by atoms with Gasteiger partial charge >= 0.3 is 6.03 Å². The summed E-state index contributed by atoms with van der Waals surface area (Å²) in [5.41, 5.74) is 2.82. The van der Waals surface area contributed by atoms with Crippen LogP contribution in [-0.2, 0) is 13.1 Å². The molecule has 1 aliphatic heterocycles. The van der Waals surface area contributed by atoms with Crippen molar-refractivity contribution in [1.82, 2.24) is 15.5 Å². The number of benzene rings is 1. The lowest BCUT2D eigenvalue weighted by Gasteiger charge is -2.16. The molecule has 1 aliphatic rings. The normalized spacial score (nSPS) is 15.9. The Balaban J connectivity index is 1.67. The standard InChI is InChI=1S/C15H23N3O/c1-3-12(2)17-15(19)16-8-9-18-10-13-6-4-5-7-14(13)11-18/h4-7,12H,3,8-11H2,1-2H3,(H2,16,17,19)/t12-/m1/s1. The third-order valence-electron chi connectivity index (χ3n) is 3.61. The van der Waals surface area contributed by atoms with E-state index < -0.39 is 0 Å². The van der Waals surface area contributed by atoms with Gasteiger partial charge in [0.25, 0.3) is 0 Å². The molecule has 19 heavy (non-hydrogen) atoms. The largest absolute Gasteiger partial charge is 0.337 e. The fourth-order valence-corrected chi connectivity index (χ4v) is 2.27. The van der Waals surface area contributed by atoms with Crippen LogP contribution in [0.5, 0.6) is 0 Å². The van der Waals surface area contributed by atoms with E-state index in [-0.39, 0.29) is 12.1 Å². The number of carbonyl (C=O) groups excluding carboxylic acids is 1. The van der Waals surface area contributed by atoms with Crippen molar-refractivity contribution in [2.45, 2.75) is 39.4 Å². The molecule has 1 aromatic rings. The molecular formula is C15H23N3O. The second-order valence-corrected chi connectivity index (χ2v) is 5.19. The molecule has 2 amide bonds. The molecule has 4 nitrogen and oxygen atoms in total. The van der Waals surface area contributed by atoms with Crippen molar-refractivity contribution >= 4 is 6.03 Å². The van der Waals surface area contributed by atoms with Crippen molar-refractivity contribution in [2.75, 3.05) is 13.1 Å². The third-order valence-corrected chi connectivity index (χ3v) is 3.61. The van der Waals surface area contributed by atoms with Crippen LogP contribution in [0.2, 0.25) is 0 Å². The average molecular weight is 261 g/mol. The molecule has 0 unspecified atom stereocenters. The predicted octanol–water partition coefficient (Wildman–Crippen LogP) is 2.10. The molecule has 1 heterocycles. The summed E-state index contributed by atoms with van der Waals surface area (Å²) in [4.78, 5) is 13.9. The van der Waals surface area contributed by atoms with Gasteiger partial charge in [-0.3, -0.25) is 4.90 Å². The van der Waals surface area contributed by atoms with Gasteiger partial charge in [-0.1, -0.05) is 31.2 Å². The Morgan fingerprint density at radius 3 is 2.53 bits per heavy atom. The molecule has 1 atom stereocenters. The molecule has 104 valence electrons. The van der Waals surface area contributed by atoms with Gasteiger partial charge in [-0.05, 0) is 24.5 Å². The van der Waals surface area contributed by atoms with E-state index in [0.29, 0.717) is 6.54 Å². The van der Waals surface area contributed by atoms with Gasteiger partial charge < -0.3 is 10.6 Å². The summed E-state index contributed by atoms with van der Waals surface area (Å²) in [5, 5.41) is 5.81. The minimum atomic E-state index is -0.0638. The zero-order chi connectivity index (χ0) is 13.7. The number of carbonyl (C=O) groups is 1. The summed E-state index contributed by atoms with van der Waals surface area (Å²) in [6.45, 7) is 7.64. The lowest BCUT2D eigenvalue weighted by Crippen LogP contribution is -2.42. The summed E-state index contributed by atoms with van der Waals surface area (Å²) in [7, 11) is 0. The van der Waals surface area contributed by atoms with Gasteiger partial charge in [-0.2, -0.15) is 0 Å². The topological polar surface area (TPSA) is 44.4 Å². The maximum Gasteiger partial charge on any atom is 0.315 e. The first kappa shape index (κ1) is 13.9. The van der Waals surface area contributed by atoms with Crippen LogP contribution in [0.4, 0.5) is 4.79 Å². The first-order chi connectivity index (χ1) is 9.19. The number of nitrogens with one attached hydrogen (secondary N) is 2. The molecule has 0 fully saturated rings. The van der Waals surface area contributed by atoms with E-state index in [0.717, 1.165) is 26.1 Å². The molecular weight excluding hydrogens is 238 g/mol. The highest BCUT2D eigenvalue weighted by Gasteiger charge is 2.17. The maximum atomic E-state index is 11.6. The number of hydrogen-bond acceptors (Lipinski definition) is 2. The summed E-state index contributed by atoms with van der Waals surface area (Å²) >= 11 is 0. The second-order valence-electron chi connectivity index (χ2n) is 5.19. The van der Waals surface area contributed by atoms with Crippen LogP contribution >= 0.6 is 0 Å². The highest BCUT2D eigenvalue weighted by atomic mass is 16.2. The van der Waals surface area contributed by atoms with Gasteiger partial charge in [0, 0.05) is 32.2 Å². The van der Waals surface area contributed by atoms with E-state index in [1.165, 1.54) is 11.1 Å². The fourth-order valence-electron chi connectivity index (χ4n) is 2.27. The Morgan fingerprint density at radius 2 is 1.95 bits per heavy atom. The zero-order valence-electron chi connectivity index (χ0n) is 11.8. The number of nitrogens with zero attached hydrogens (tertiary/aromatic N) is 1. The van der Waals surface area contributed by atoms with E-state index in [4.69, 9.17) is 0 Å². The zero-order valence-corrected chi connectivity index (χ0v) is 11.8. The van der Waals surface area contributed by atoms with Crippen molar-refractivity contribution in [1.29, 1.82) is 0 Å². The smallest absolute Gasteiger partial charge is 0.315 e. The number of urea groups is 1. The number of hydrogen-bond donors (Lipinski definition) is 2. The predicted molar refractivity (Wildman–Crippen MR) is 76.8 cm³/mol. The Labute approximate surface area is 115 Å². The van der Waals surface area contributed by atoms with Gasteiger partial charge in [0.1, 0.15) is 0 Å². The Hall–Kier alpha value is -1.55. The lowest BCUT2D eigenvalue weighted by molar-refractivity contribution is 0.232. The monoisotopic (exact) mass is 261 g/mol. The van der Waals surface area contributed by atoms with E-state index >= 15 is 0 Å². The first-order valence-corrected chi connectivity index (χ1v) is 7.02. The van der Waals surface area contributed by atoms with Crippen LogP contribution in [0.1, 0.15) is 31.4 Å². The van der Waals surface area contributed by atoms with Crippen molar-refractivity contribution < 1.29 is 4.79 Å². The van der Waals surface area contributed by atoms with Gasteiger partial charge in [0.2, 0.25) is 0 Å². The molecule has 0 aliphatic carbocycles. The highest BCUT2D eigenvalue weighted by Crippen LogP contribution is 2.21. The second kappa shape index (κ2) is 6.57. The summed E-state index contributed by atoms with van der Waals surface area (Å²) < 4.78 is 0. The average Bonchev–Trinajstić information content (AvgIpc) is 2.81. The Bertz CT molecular complexity index is 408. The Kier molecular flexibility index (Phi) is 4.80. The SMILES string of the molecule is CC[C@@H](C)NC(=O)NCCN1Cc2ccccc2C1. The maximum absolute atomic E-state index is 11.6. The summed E-state index contributed by atoms with van der Waals surface area (Å²) in [6, 6.07) is 8.69. The van der Waals surface area contributed by atoms with Crippen LogP contribution in [0, 0.1) is 0 Å². The molecule has 4 heteroatoms. The third kappa shape index (κ3) is 3.96. The number of amides is 2. The summed E-state index contributed by atoms with van der Waals surface area (Å²) in [5.74, 6) is 0. The van der Waals surface area contributed by atoms with Gasteiger partial charge in [-0.25, -0.2) is 4.79 Å². The quantitative estimate of drug-likeness (QED) is 0.852. The van der Waals surface area contributed by atoms with Crippen molar-refractivity contribution in [3.05, 3.63) is 35.4 Å². The van der Waals surface area contributed by atoms with E-state index in [1.807, 2.05) is 6.92 Å². The molecule has 2 N–H and O–H groups in total. The number of fused-ring (bicyclic) bond motifs is 1. The molecule has 1 aromatic carbocycles. The molecule has 0 saturated carbocycles. The first-order valence-electron chi connectivity index (χ1n) is 7.02. The van der Waals surface area contributed by atoms with Crippen molar-refractivity contribution in [3.63, 3.8) is 0 Å². The molecule has 0 spiro atoms. The van der Waals surface area contributed by atoms with E-state index in [2.05, 4.69) is 46.7 Å². The number of rotatable bonds is 5. The van der Waals surface area contributed by atoms with Gasteiger partial charge in [-0.15, -0.1) is 0 Å². The molecule has 0 saturated heterocycles. The molecule has 0 aromatic heterocycles. The van der Waals surface area contributed by atoms with E-state index in [1.54, 1.807) is 0 Å². The van der Waals surface area contributed by atoms with Crippen LogP contribution < -0.4 is 10.6 Å². The Morgan fingerprint density at radius 1 is 1.32 bits per heavy atom. The van der Waals surface area contributed by atoms with Crippen LogP contribution in [-0.4, -0.2) is 30.1 Å².